The van der Waals surface area contributed by atoms with Crippen molar-refractivity contribution in [1.82, 2.24) is 19.3 Å². The maximum atomic E-state index is 13.4. The first-order valence-electron chi connectivity index (χ1n) is 11.2. The molecule has 0 saturated heterocycles. The predicted octanol–water partition coefficient (Wildman–Crippen LogP) is 3.92. The van der Waals surface area contributed by atoms with E-state index < -0.39 is 44.7 Å². The molecule has 3 aromatic rings. The second-order valence-corrected chi connectivity index (χ2v) is 9.99. The summed E-state index contributed by atoms with van der Waals surface area (Å²) in [4.78, 5) is 7.44. The van der Waals surface area contributed by atoms with Crippen LogP contribution in [0.4, 0.5) is 19.0 Å². The normalized spacial score (nSPS) is 16.2. The lowest BCUT2D eigenvalue weighted by molar-refractivity contribution is -0.141. The third kappa shape index (κ3) is 5.30. The molecule has 0 amide bonds. The molecule has 2 unspecified atom stereocenters. The second-order valence-electron chi connectivity index (χ2n) is 8.31. The Morgan fingerprint density at radius 3 is 2.38 bits per heavy atom. The van der Waals surface area contributed by atoms with Crippen molar-refractivity contribution in [1.29, 1.82) is 0 Å². The minimum atomic E-state index is -4.76. The summed E-state index contributed by atoms with van der Waals surface area (Å²) in [5.74, 6) is 1.13. The van der Waals surface area contributed by atoms with Gasteiger partial charge in [-0.1, -0.05) is 0 Å². The smallest absolute Gasteiger partial charge is 0.433 e. The summed E-state index contributed by atoms with van der Waals surface area (Å²) >= 11 is 0. The largest absolute Gasteiger partial charge is 0.493 e. The Balaban J connectivity index is 1.69. The van der Waals surface area contributed by atoms with Gasteiger partial charge in [0, 0.05) is 25.0 Å². The number of anilines is 1. The zero-order valence-electron chi connectivity index (χ0n) is 20.5. The number of hydrogen-bond donors (Lipinski definition) is 2. The number of rotatable bonds is 9. The Hall–Kier alpha value is -3.52. The first-order valence-corrected chi connectivity index (χ1v) is 12.6. The number of ether oxygens (including phenoxy) is 3. The van der Waals surface area contributed by atoms with Gasteiger partial charge in [0.2, 0.25) is 15.8 Å². The number of methoxy groups -OCH3 is 3. The van der Waals surface area contributed by atoms with Crippen LogP contribution in [0.2, 0.25) is 0 Å². The van der Waals surface area contributed by atoms with Crippen LogP contribution in [0.1, 0.15) is 42.5 Å². The third-order valence-electron chi connectivity index (χ3n) is 5.99. The van der Waals surface area contributed by atoms with Gasteiger partial charge in [0.05, 0.1) is 27.4 Å². The van der Waals surface area contributed by atoms with Crippen LogP contribution in [0.25, 0.3) is 0 Å². The second kappa shape index (κ2) is 10.1. The molecule has 10 nitrogen and oxygen atoms in total. The summed E-state index contributed by atoms with van der Waals surface area (Å²) < 4.78 is 87.4. The Bertz CT molecular complexity index is 1370. The molecule has 0 bridgehead atoms. The van der Waals surface area contributed by atoms with Crippen LogP contribution >= 0.6 is 0 Å². The molecule has 2 aromatic heterocycles. The summed E-state index contributed by atoms with van der Waals surface area (Å²) in [5.41, 5.74) is -0.738. The van der Waals surface area contributed by atoms with Gasteiger partial charge in [0.1, 0.15) is 22.2 Å². The van der Waals surface area contributed by atoms with E-state index in [2.05, 4.69) is 20.0 Å². The lowest BCUT2D eigenvalue weighted by atomic mass is 10.1. The van der Waals surface area contributed by atoms with E-state index in [9.17, 15) is 21.6 Å². The Kier molecular flexibility index (Phi) is 7.24. The van der Waals surface area contributed by atoms with Crippen LogP contribution in [0, 0.1) is 0 Å². The molecule has 2 N–H and O–H groups in total. The summed E-state index contributed by atoms with van der Waals surface area (Å²) in [6, 6.07) is 3.36. The van der Waals surface area contributed by atoms with Gasteiger partial charge in [-0.3, -0.25) is 0 Å². The molecule has 200 valence electrons. The van der Waals surface area contributed by atoms with Gasteiger partial charge < -0.3 is 24.1 Å². The van der Waals surface area contributed by atoms with E-state index in [1.165, 1.54) is 21.3 Å². The summed E-state index contributed by atoms with van der Waals surface area (Å²) in [6.07, 6.45) is -0.935. The zero-order valence-corrected chi connectivity index (χ0v) is 21.3. The molecule has 4 rings (SSSR count). The number of benzene rings is 1. The Morgan fingerprint density at radius 1 is 1.11 bits per heavy atom. The molecule has 0 aliphatic carbocycles. The number of nitrogens with zero attached hydrogens (tertiary/aromatic N) is 3. The first-order chi connectivity index (χ1) is 17.5. The van der Waals surface area contributed by atoms with Gasteiger partial charge in [0.25, 0.3) is 0 Å². The summed E-state index contributed by atoms with van der Waals surface area (Å²) in [5, 5.41) is 2.86. The molecule has 0 saturated carbocycles. The van der Waals surface area contributed by atoms with E-state index in [-0.39, 0.29) is 0 Å². The predicted molar refractivity (Wildman–Crippen MR) is 127 cm³/mol. The minimum absolute atomic E-state index is 0.318. The van der Waals surface area contributed by atoms with Gasteiger partial charge >= 0.3 is 6.18 Å². The van der Waals surface area contributed by atoms with E-state index in [0.29, 0.717) is 47.7 Å². The number of aryl methyl sites for hydroxylation is 1. The van der Waals surface area contributed by atoms with Gasteiger partial charge in [-0.2, -0.15) is 13.2 Å². The van der Waals surface area contributed by atoms with Gasteiger partial charge in [0.15, 0.2) is 11.5 Å². The molecule has 0 fully saturated rings. The minimum Gasteiger partial charge on any atom is -0.493 e. The van der Waals surface area contributed by atoms with Crippen LogP contribution in [0.15, 0.2) is 41.6 Å². The molecular weight excluding hydrogens is 515 g/mol. The van der Waals surface area contributed by atoms with E-state index in [0.717, 1.165) is 6.07 Å². The average molecular weight is 542 g/mol. The van der Waals surface area contributed by atoms with Crippen LogP contribution in [0.5, 0.6) is 17.2 Å². The molecule has 37 heavy (non-hydrogen) atoms. The lowest BCUT2D eigenvalue weighted by Gasteiger charge is -2.21. The van der Waals surface area contributed by atoms with Gasteiger partial charge in [-0.25, -0.2) is 23.1 Å². The highest BCUT2D eigenvalue weighted by Gasteiger charge is 2.36. The topological polar surface area (TPSA) is 117 Å². The van der Waals surface area contributed by atoms with E-state index >= 15 is 0 Å². The average Bonchev–Trinajstić information content (AvgIpc) is 3.47. The fraction of sp³-hybridized carbons (Fsp3) is 0.391. The number of imidazole rings is 1. The standard InChI is InChI=1S/C23H26F3N5O5S/c1-13(14-11-16(34-2)20(36-4)17(12-14)35-3)30-37(32,33)18-5-6-19(23(24,25)26)29-21(18)28-15-7-9-31-10-8-27-22(15)31/h5-6,8,10-13,15,30H,7,9H2,1-4H3,(H,28,29). The molecular formula is C23H26F3N5O5S. The number of hydrogen-bond acceptors (Lipinski definition) is 8. The van der Waals surface area contributed by atoms with Crippen molar-refractivity contribution in [3.63, 3.8) is 0 Å². The maximum absolute atomic E-state index is 13.4. The Labute approximate surface area is 211 Å². The highest BCUT2D eigenvalue weighted by Crippen LogP contribution is 2.40. The fourth-order valence-corrected chi connectivity index (χ4v) is 5.49. The van der Waals surface area contributed by atoms with Crippen molar-refractivity contribution in [2.24, 2.45) is 0 Å². The van der Waals surface area contributed by atoms with E-state index in [4.69, 9.17) is 14.2 Å². The van der Waals surface area contributed by atoms with E-state index in [1.54, 1.807) is 31.5 Å². The third-order valence-corrected chi connectivity index (χ3v) is 7.56. The van der Waals surface area contributed by atoms with Crippen molar-refractivity contribution in [2.45, 2.75) is 43.0 Å². The molecule has 1 aromatic carbocycles. The van der Waals surface area contributed by atoms with Crippen LogP contribution in [0.3, 0.4) is 0 Å². The number of pyridine rings is 1. The highest BCUT2D eigenvalue weighted by molar-refractivity contribution is 7.89. The van der Waals surface area contributed by atoms with Crippen molar-refractivity contribution in [3.8, 4) is 17.2 Å². The zero-order chi connectivity index (χ0) is 27.0. The van der Waals surface area contributed by atoms with Gasteiger partial charge in [-0.15, -0.1) is 0 Å². The van der Waals surface area contributed by atoms with Crippen molar-refractivity contribution in [3.05, 3.63) is 53.7 Å². The number of fused-ring (bicyclic) bond motifs is 1. The van der Waals surface area contributed by atoms with Crippen LogP contribution in [-0.4, -0.2) is 44.3 Å². The number of halogens is 3. The molecule has 2 atom stereocenters. The number of sulfonamides is 1. The van der Waals surface area contributed by atoms with Crippen LogP contribution < -0.4 is 24.2 Å². The monoisotopic (exact) mass is 541 g/mol. The van der Waals surface area contributed by atoms with Crippen molar-refractivity contribution < 1.29 is 35.8 Å². The highest BCUT2D eigenvalue weighted by atomic mass is 32.2. The Morgan fingerprint density at radius 2 is 1.78 bits per heavy atom. The van der Waals surface area contributed by atoms with Crippen LogP contribution in [-0.2, 0) is 22.7 Å². The van der Waals surface area contributed by atoms with E-state index in [1.807, 2.05) is 4.57 Å². The number of nitrogens with one attached hydrogen (secondary N) is 2. The molecule has 0 radical (unpaired) electrons. The number of alkyl halides is 3. The first kappa shape index (κ1) is 26.5. The van der Waals surface area contributed by atoms with Gasteiger partial charge in [-0.05, 0) is 43.2 Å². The molecule has 1 aliphatic rings. The fourth-order valence-electron chi connectivity index (χ4n) is 4.16. The van der Waals surface area contributed by atoms with Crippen molar-refractivity contribution >= 4 is 15.8 Å². The molecule has 3 heterocycles. The lowest BCUT2D eigenvalue weighted by Crippen LogP contribution is -2.28. The molecule has 1 aliphatic heterocycles. The molecule has 0 spiro atoms. The molecule has 14 heteroatoms. The summed E-state index contributed by atoms with van der Waals surface area (Å²) in [7, 11) is -0.0506. The number of aromatic nitrogens is 3. The maximum Gasteiger partial charge on any atom is 0.433 e. The SMILES string of the molecule is COc1cc(C(C)NS(=O)(=O)c2ccc(C(F)(F)F)nc2NC2CCn3ccnc32)cc(OC)c1OC. The quantitative estimate of drug-likeness (QED) is 0.419. The van der Waals surface area contributed by atoms with Crippen molar-refractivity contribution in [2.75, 3.05) is 26.6 Å². The summed E-state index contributed by atoms with van der Waals surface area (Å²) in [6.45, 7) is 2.17.